The molecule has 0 aliphatic rings. The molecule has 1 rings (SSSR count). The van der Waals surface area contributed by atoms with Crippen LogP contribution in [0.25, 0.3) is 0 Å². The molecule has 1 atom stereocenters. The molecule has 66 valence electrons. The lowest BCUT2D eigenvalue weighted by atomic mass is 10.0. The maximum Gasteiger partial charge on any atom is 0.0300 e. The van der Waals surface area contributed by atoms with Gasteiger partial charge >= 0.3 is 0 Å². The number of alkyl halides is 1. The standard InChI is InChI=1S/C10H14BrN/c1-8(5-11)3-10-4-9(2)6-12-7-10/h4,6-8H,3,5H2,1-2H3. The Bertz CT molecular complexity index is 247. The Morgan fingerprint density at radius 2 is 2.25 bits per heavy atom. The fourth-order valence-corrected chi connectivity index (χ4v) is 1.42. The van der Waals surface area contributed by atoms with Gasteiger partial charge in [0.15, 0.2) is 0 Å². The third-order valence-corrected chi connectivity index (χ3v) is 2.88. The third-order valence-electron chi connectivity index (χ3n) is 1.78. The topological polar surface area (TPSA) is 12.9 Å². The zero-order valence-electron chi connectivity index (χ0n) is 7.55. The molecule has 0 aliphatic carbocycles. The molecule has 0 spiro atoms. The highest BCUT2D eigenvalue weighted by Gasteiger charge is 2.01. The Morgan fingerprint density at radius 3 is 2.83 bits per heavy atom. The van der Waals surface area contributed by atoms with E-state index in [1.807, 2.05) is 12.4 Å². The summed E-state index contributed by atoms with van der Waals surface area (Å²) in [6.07, 6.45) is 4.95. The minimum absolute atomic E-state index is 0.689. The highest BCUT2D eigenvalue weighted by Crippen LogP contribution is 2.10. The van der Waals surface area contributed by atoms with Crippen molar-refractivity contribution in [3.63, 3.8) is 0 Å². The van der Waals surface area contributed by atoms with Gasteiger partial charge in [-0.1, -0.05) is 28.9 Å². The van der Waals surface area contributed by atoms with Gasteiger partial charge in [0.2, 0.25) is 0 Å². The quantitative estimate of drug-likeness (QED) is 0.725. The van der Waals surface area contributed by atoms with Gasteiger partial charge in [0.05, 0.1) is 0 Å². The number of aromatic nitrogens is 1. The Kier molecular flexibility index (Phi) is 3.73. The lowest BCUT2D eigenvalue weighted by Crippen LogP contribution is -2.01. The van der Waals surface area contributed by atoms with E-state index in [2.05, 4.69) is 40.8 Å². The van der Waals surface area contributed by atoms with Crippen LogP contribution >= 0.6 is 15.9 Å². The van der Waals surface area contributed by atoms with Crippen LogP contribution in [0.3, 0.4) is 0 Å². The predicted molar refractivity (Wildman–Crippen MR) is 55.6 cm³/mol. The van der Waals surface area contributed by atoms with Gasteiger partial charge in [-0.3, -0.25) is 4.98 Å². The SMILES string of the molecule is Cc1cncc(CC(C)CBr)c1. The number of hydrogen-bond acceptors (Lipinski definition) is 1. The number of hydrogen-bond donors (Lipinski definition) is 0. The van der Waals surface area contributed by atoms with E-state index in [0.29, 0.717) is 5.92 Å². The molecule has 0 saturated heterocycles. The van der Waals surface area contributed by atoms with Crippen molar-refractivity contribution in [2.45, 2.75) is 20.3 Å². The Hall–Kier alpha value is -0.370. The van der Waals surface area contributed by atoms with Crippen molar-refractivity contribution in [1.82, 2.24) is 4.98 Å². The van der Waals surface area contributed by atoms with E-state index in [1.54, 1.807) is 0 Å². The lowest BCUT2D eigenvalue weighted by Gasteiger charge is -2.06. The van der Waals surface area contributed by atoms with Crippen LogP contribution in [0.2, 0.25) is 0 Å². The molecule has 0 aliphatic heterocycles. The van der Waals surface area contributed by atoms with Crippen LogP contribution in [0, 0.1) is 12.8 Å². The summed E-state index contributed by atoms with van der Waals surface area (Å²) >= 11 is 3.47. The van der Waals surface area contributed by atoms with Crippen molar-refractivity contribution in [3.05, 3.63) is 29.6 Å². The molecule has 1 heterocycles. The lowest BCUT2D eigenvalue weighted by molar-refractivity contribution is 0.661. The molecule has 0 aromatic carbocycles. The smallest absolute Gasteiger partial charge is 0.0300 e. The fraction of sp³-hybridized carbons (Fsp3) is 0.500. The number of halogens is 1. The second-order valence-electron chi connectivity index (χ2n) is 3.33. The van der Waals surface area contributed by atoms with Crippen molar-refractivity contribution >= 4 is 15.9 Å². The molecule has 0 bridgehead atoms. The minimum atomic E-state index is 0.689. The van der Waals surface area contributed by atoms with E-state index in [0.717, 1.165) is 11.8 Å². The zero-order chi connectivity index (χ0) is 8.97. The van der Waals surface area contributed by atoms with E-state index >= 15 is 0 Å². The van der Waals surface area contributed by atoms with Crippen molar-refractivity contribution < 1.29 is 0 Å². The highest BCUT2D eigenvalue weighted by molar-refractivity contribution is 9.09. The van der Waals surface area contributed by atoms with Crippen LogP contribution in [0.5, 0.6) is 0 Å². The van der Waals surface area contributed by atoms with E-state index < -0.39 is 0 Å². The first kappa shape index (κ1) is 9.72. The first-order chi connectivity index (χ1) is 5.72. The summed E-state index contributed by atoms with van der Waals surface area (Å²) in [5.74, 6) is 0.689. The van der Waals surface area contributed by atoms with Gasteiger partial charge in [0, 0.05) is 17.7 Å². The predicted octanol–water partition coefficient (Wildman–Crippen LogP) is 2.96. The molecule has 1 nitrogen and oxygen atoms in total. The summed E-state index contributed by atoms with van der Waals surface area (Å²) in [7, 11) is 0. The average molecular weight is 228 g/mol. The first-order valence-corrected chi connectivity index (χ1v) is 5.31. The number of pyridine rings is 1. The molecule has 0 saturated carbocycles. The molecule has 2 heteroatoms. The molecule has 0 amide bonds. The third kappa shape index (κ3) is 2.94. The molecule has 1 aromatic heterocycles. The molecular weight excluding hydrogens is 214 g/mol. The Balaban J connectivity index is 2.63. The summed E-state index contributed by atoms with van der Waals surface area (Å²) < 4.78 is 0. The van der Waals surface area contributed by atoms with Crippen molar-refractivity contribution in [3.8, 4) is 0 Å². The Labute approximate surface area is 82.3 Å². The van der Waals surface area contributed by atoms with Gasteiger partial charge in [0.25, 0.3) is 0 Å². The number of aryl methyl sites for hydroxylation is 1. The van der Waals surface area contributed by atoms with Gasteiger partial charge in [-0.15, -0.1) is 0 Å². The van der Waals surface area contributed by atoms with E-state index in [9.17, 15) is 0 Å². The number of rotatable bonds is 3. The summed E-state index contributed by atoms with van der Waals surface area (Å²) in [5, 5.41) is 1.06. The molecule has 0 fully saturated rings. The molecule has 1 aromatic rings. The van der Waals surface area contributed by atoms with Gasteiger partial charge in [0.1, 0.15) is 0 Å². The fourth-order valence-electron chi connectivity index (χ4n) is 1.19. The summed E-state index contributed by atoms with van der Waals surface area (Å²) in [6, 6.07) is 2.20. The van der Waals surface area contributed by atoms with Gasteiger partial charge < -0.3 is 0 Å². The molecule has 0 radical (unpaired) electrons. The molecule has 0 N–H and O–H groups in total. The second-order valence-corrected chi connectivity index (χ2v) is 3.98. The largest absolute Gasteiger partial charge is 0.264 e. The highest BCUT2D eigenvalue weighted by atomic mass is 79.9. The second kappa shape index (κ2) is 4.61. The molecule has 12 heavy (non-hydrogen) atoms. The Morgan fingerprint density at radius 1 is 1.50 bits per heavy atom. The summed E-state index contributed by atoms with van der Waals surface area (Å²) in [4.78, 5) is 4.16. The summed E-state index contributed by atoms with van der Waals surface area (Å²) in [6.45, 7) is 4.31. The van der Waals surface area contributed by atoms with Crippen LogP contribution in [0.15, 0.2) is 18.5 Å². The van der Waals surface area contributed by atoms with Crippen LogP contribution in [-0.4, -0.2) is 10.3 Å². The normalized spacial score (nSPS) is 12.9. The van der Waals surface area contributed by atoms with E-state index in [4.69, 9.17) is 0 Å². The maximum atomic E-state index is 4.16. The maximum absolute atomic E-state index is 4.16. The van der Waals surface area contributed by atoms with Crippen LogP contribution in [-0.2, 0) is 6.42 Å². The van der Waals surface area contributed by atoms with Gasteiger partial charge in [-0.05, 0) is 30.4 Å². The van der Waals surface area contributed by atoms with Crippen molar-refractivity contribution in [2.24, 2.45) is 5.92 Å². The molecular formula is C10H14BrN. The van der Waals surface area contributed by atoms with Crippen LogP contribution in [0.4, 0.5) is 0 Å². The van der Waals surface area contributed by atoms with E-state index in [-0.39, 0.29) is 0 Å². The van der Waals surface area contributed by atoms with Crippen molar-refractivity contribution in [1.29, 1.82) is 0 Å². The van der Waals surface area contributed by atoms with Crippen LogP contribution in [0.1, 0.15) is 18.1 Å². The van der Waals surface area contributed by atoms with Crippen molar-refractivity contribution in [2.75, 3.05) is 5.33 Å². The zero-order valence-corrected chi connectivity index (χ0v) is 9.13. The average Bonchev–Trinajstić information content (AvgIpc) is 2.04. The number of nitrogens with zero attached hydrogens (tertiary/aromatic N) is 1. The molecule has 1 unspecified atom stereocenters. The first-order valence-electron chi connectivity index (χ1n) is 4.19. The minimum Gasteiger partial charge on any atom is -0.264 e. The van der Waals surface area contributed by atoms with Gasteiger partial charge in [-0.2, -0.15) is 0 Å². The monoisotopic (exact) mass is 227 g/mol. The van der Waals surface area contributed by atoms with Crippen LogP contribution < -0.4 is 0 Å². The van der Waals surface area contributed by atoms with E-state index in [1.165, 1.54) is 11.1 Å². The summed E-state index contributed by atoms with van der Waals surface area (Å²) in [5.41, 5.74) is 2.58. The van der Waals surface area contributed by atoms with Gasteiger partial charge in [-0.25, -0.2) is 0 Å².